The molecule has 4 nitrogen and oxygen atoms in total. The number of pyridine rings is 1. The van der Waals surface area contributed by atoms with Crippen LogP contribution in [0.3, 0.4) is 0 Å². The van der Waals surface area contributed by atoms with Gasteiger partial charge in [-0.2, -0.15) is 0 Å². The molecule has 0 spiro atoms. The Labute approximate surface area is 129 Å². The fourth-order valence-corrected chi connectivity index (χ4v) is 2.64. The monoisotopic (exact) mass is 290 g/mol. The topological polar surface area (TPSA) is 31.4 Å². The predicted octanol–water partition coefficient (Wildman–Crippen LogP) is 2.50. The highest BCUT2D eigenvalue weighted by Crippen LogP contribution is 2.19. The Bertz CT molecular complexity index is 425. The summed E-state index contributed by atoms with van der Waals surface area (Å²) in [5.41, 5.74) is 1.52. The number of hydrogen-bond donors (Lipinski definition) is 1. The summed E-state index contributed by atoms with van der Waals surface area (Å²) in [7, 11) is 0. The molecular weight excluding hydrogens is 260 g/mol. The highest BCUT2D eigenvalue weighted by molar-refractivity contribution is 5.40. The van der Waals surface area contributed by atoms with Crippen LogP contribution in [0.25, 0.3) is 0 Å². The fourth-order valence-electron chi connectivity index (χ4n) is 2.64. The van der Waals surface area contributed by atoms with Crippen molar-refractivity contribution in [3.8, 4) is 0 Å². The second-order valence-electron chi connectivity index (χ2n) is 7.21. The van der Waals surface area contributed by atoms with Crippen LogP contribution in [0.2, 0.25) is 0 Å². The summed E-state index contributed by atoms with van der Waals surface area (Å²) in [6, 6.07) is 4.85. The molecule has 2 rings (SSSR count). The van der Waals surface area contributed by atoms with Crippen LogP contribution in [0, 0.1) is 0 Å². The van der Waals surface area contributed by atoms with Crippen LogP contribution < -0.4 is 10.2 Å². The Hall–Kier alpha value is -1.13. The largest absolute Gasteiger partial charge is 0.354 e. The zero-order valence-electron chi connectivity index (χ0n) is 14.2. The molecule has 1 aromatic heterocycles. The van der Waals surface area contributed by atoms with Crippen molar-refractivity contribution in [1.82, 2.24) is 15.2 Å². The minimum atomic E-state index is 0.270. The van der Waals surface area contributed by atoms with Gasteiger partial charge in [-0.15, -0.1) is 0 Å². The maximum Gasteiger partial charge on any atom is 0.128 e. The number of anilines is 1. The lowest BCUT2D eigenvalue weighted by Crippen LogP contribution is -2.53. The lowest BCUT2D eigenvalue weighted by atomic mass is 10.0. The highest BCUT2D eigenvalue weighted by Gasteiger charge is 2.26. The first-order valence-corrected chi connectivity index (χ1v) is 8.04. The molecule has 4 heteroatoms. The van der Waals surface area contributed by atoms with E-state index in [2.05, 4.69) is 66.9 Å². The van der Waals surface area contributed by atoms with E-state index < -0.39 is 0 Å². The summed E-state index contributed by atoms with van der Waals surface area (Å²) >= 11 is 0. The van der Waals surface area contributed by atoms with Gasteiger partial charge >= 0.3 is 0 Å². The Morgan fingerprint density at radius 1 is 1.14 bits per heavy atom. The van der Waals surface area contributed by atoms with Gasteiger partial charge in [-0.05, 0) is 32.4 Å². The third kappa shape index (κ3) is 4.68. The Balaban J connectivity index is 1.89. The average molecular weight is 290 g/mol. The minimum absolute atomic E-state index is 0.270. The van der Waals surface area contributed by atoms with Crippen LogP contribution in [0.15, 0.2) is 18.3 Å². The van der Waals surface area contributed by atoms with E-state index in [9.17, 15) is 0 Å². The van der Waals surface area contributed by atoms with E-state index >= 15 is 0 Å². The van der Waals surface area contributed by atoms with Crippen molar-refractivity contribution >= 4 is 5.82 Å². The third-order valence-electron chi connectivity index (χ3n) is 4.08. The Kier molecular flexibility index (Phi) is 5.22. The van der Waals surface area contributed by atoms with Gasteiger partial charge in [-0.25, -0.2) is 4.98 Å². The molecule has 2 heterocycles. The number of aromatic nitrogens is 1. The van der Waals surface area contributed by atoms with Crippen molar-refractivity contribution in [2.75, 3.05) is 31.1 Å². The summed E-state index contributed by atoms with van der Waals surface area (Å²) in [5.74, 6) is 1.11. The molecule has 0 bridgehead atoms. The summed E-state index contributed by atoms with van der Waals surface area (Å²) in [6.07, 6.45) is 2.00. The number of nitrogens with one attached hydrogen (secondary N) is 1. The molecule has 0 saturated carbocycles. The first kappa shape index (κ1) is 16.2. The Morgan fingerprint density at radius 2 is 1.81 bits per heavy atom. The maximum atomic E-state index is 4.63. The average Bonchev–Trinajstić information content (AvgIpc) is 2.45. The molecule has 0 unspecified atom stereocenters. The van der Waals surface area contributed by atoms with Crippen LogP contribution in [-0.2, 0) is 6.54 Å². The van der Waals surface area contributed by atoms with Crippen molar-refractivity contribution in [2.24, 2.45) is 0 Å². The van der Waals surface area contributed by atoms with Crippen molar-refractivity contribution in [2.45, 2.75) is 52.7 Å². The van der Waals surface area contributed by atoms with Gasteiger partial charge in [0.1, 0.15) is 5.82 Å². The van der Waals surface area contributed by atoms with Gasteiger partial charge in [0, 0.05) is 50.5 Å². The van der Waals surface area contributed by atoms with Gasteiger partial charge < -0.3 is 10.2 Å². The zero-order chi connectivity index (χ0) is 15.5. The third-order valence-corrected chi connectivity index (χ3v) is 4.08. The van der Waals surface area contributed by atoms with E-state index in [1.165, 1.54) is 5.56 Å². The van der Waals surface area contributed by atoms with E-state index in [-0.39, 0.29) is 5.54 Å². The van der Waals surface area contributed by atoms with E-state index in [0.29, 0.717) is 6.04 Å². The number of rotatable bonds is 4. The molecule has 1 fully saturated rings. The van der Waals surface area contributed by atoms with Gasteiger partial charge in [-0.1, -0.05) is 19.9 Å². The normalized spacial score (nSPS) is 17.5. The van der Waals surface area contributed by atoms with E-state index in [1.807, 2.05) is 6.20 Å². The first-order chi connectivity index (χ1) is 9.86. The van der Waals surface area contributed by atoms with E-state index in [0.717, 1.165) is 38.5 Å². The molecule has 1 N–H and O–H groups in total. The molecule has 0 radical (unpaired) electrons. The lowest BCUT2D eigenvalue weighted by Gasteiger charge is -2.42. The van der Waals surface area contributed by atoms with Gasteiger partial charge in [-0.3, -0.25) is 4.90 Å². The van der Waals surface area contributed by atoms with Crippen LogP contribution in [0.1, 0.15) is 40.2 Å². The van der Waals surface area contributed by atoms with Crippen LogP contribution in [0.5, 0.6) is 0 Å². The van der Waals surface area contributed by atoms with Crippen molar-refractivity contribution in [3.05, 3.63) is 23.9 Å². The molecule has 21 heavy (non-hydrogen) atoms. The number of hydrogen-bond acceptors (Lipinski definition) is 4. The Morgan fingerprint density at radius 3 is 2.29 bits per heavy atom. The maximum absolute atomic E-state index is 4.63. The van der Waals surface area contributed by atoms with Gasteiger partial charge in [0.15, 0.2) is 0 Å². The molecule has 0 atom stereocenters. The number of piperazine rings is 1. The summed E-state index contributed by atoms with van der Waals surface area (Å²) in [6.45, 7) is 16.4. The predicted molar refractivity (Wildman–Crippen MR) is 89.8 cm³/mol. The van der Waals surface area contributed by atoms with Crippen molar-refractivity contribution < 1.29 is 0 Å². The second-order valence-corrected chi connectivity index (χ2v) is 7.21. The molecule has 0 amide bonds. The SMILES string of the molecule is CC(C)NCc1ccc(N2CCN(C(C)(C)C)CC2)nc1. The van der Waals surface area contributed by atoms with Gasteiger partial charge in [0.2, 0.25) is 0 Å². The summed E-state index contributed by atoms with van der Waals surface area (Å²) in [4.78, 5) is 9.57. The molecule has 1 aliphatic rings. The second kappa shape index (κ2) is 6.75. The number of nitrogens with zero attached hydrogens (tertiary/aromatic N) is 3. The minimum Gasteiger partial charge on any atom is -0.354 e. The lowest BCUT2D eigenvalue weighted by molar-refractivity contribution is 0.128. The van der Waals surface area contributed by atoms with Crippen LogP contribution >= 0.6 is 0 Å². The highest BCUT2D eigenvalue weighted by atomic mass is 15.3. The zero-order valence-corrected chi connectivity index (χ0v) is 14.2. The summed E-state index contributed by atoms with van der Waals surface area (Å²) < 4.78 is 0. The smallest absolute Gasteiger partial charge is 0.128 e. The van der Waals surface area contributed by atoms with Crippen LogP contribution in [0.4, 0.5) is 5.82 Å². The molecule has 1 saturated heterocycles. The van der Waals surface area contributed by atoms with Crippen LogP contribution in [-0.4, -0.2) is 47.6 Å². The molecule has 0 aromatic carbocycles. The van der Waals surface area contributed by atoms with Crippen molar-refractivity contribution in [3.63, 3.8) is 0 Å². The quantitative estimate of drug-likeness (QED) is 0.923. The van der Waals surface area contributed by atoms with Crippen molar-refractivity contribution in [1.29, 1.82) is 0 Å². The molecule has 1 aromatic rings. The fraction of sp³-hybridized carbons (Fsp3) is 0.706. The summed E-state index contributed by atoms with van der Waals surface area (Å²) in [5, 5.41) is 3.42. The molecule has 118 valence electrons. The molecular formula is C17H30N4. The first-order valence-electron chi connectivity index (χ1n) is 8.04. The van der Waals surface area contributed by atoms with Gasteiger partial charge in [0.25, 0.3) is 0 Å². The van der Waals surface area contributed by atoms with E-state index in [1.54, 1.807) is 0 Å². The standard InChI is InChI=1S/C17H30N4/c1-14(2)18-12-15-6-7-16(19-13-15)20-8-10-21(11-9-20)17(3,4)5/h6-7,13-14,18H,8-12H2,1-5H3. The van der Waals surface area contributed by atoms with E-state index in [4.69, 9.17) is 0 Å². The molecule has 0 aliphatic carbocycles. The van der Waals surface area contributed by atoms with Gasteiger partial charge in [0.05, 0.1) is 0 Å². The molecule has 1 aliphatic heterocycles.